The van der Waals surface area contributed by atoms with Crippen LogP contribution < -0.4 is 0 Å². The first-order valence-electron chi connectivity index (χ1n) is 9.65. The van der Waals surface area contributed by atoms with E-state index in [1.165, 1.54) is 29.8 Å². The molecule has 0 spiro atoms. The van der Waals surface area contributed by atoms with E-state index in [1.807, 2.05) is 0 Å². The van der Waals surface area contributed by atoms with Gasteiger partial charge in [-0.3, -0.25) is 19.8 Å². The van der Waals surface area contributed by atoms with Crippen LogP contribution >= 0.6 is 11.8 Å². The second-order valence-electron chi connectivity index (χ2n) is 6.88. The van der Waals surface area contributed by atoms with Crippen LogP contribution in [0, 0.1) is 10.1 Å². The van der Waals surface area contributed by atoms with E-state index in [4.69, 9.17) is 4.42 Å². The molecule has 1 aromatic heterocycles. The Kier molecular flexibility index (Phi) is 6.09. The number of furan rings is 1. The highest BCUT2D eigenvalue weighted by atomic mass is 32.2. The molecule has 4 rings (SSSR count). The minimum Gasteiger partial charge on any atom is -0.465 e. The van der Waals surface area contributed by atoms with Crippen LogP contribution in [0.15, 0.2) is 75.0 Å². The van der Waals surface area contributed by atoms with Gasteiger partial charge in [0.05, 0.1) is 33.8 Å². The third-order valence-corrected chi connectivity index (χ3v) is 5.84. The summed E-state index contributed by atoms with van der Waals surface area (Å²) in [7, 11) is 2.92. The van der Waals surface area contributed by atoms with Crippen molar-refractivity contribution in [2.24, 2.45) is 4.99 Å². The Balaban J connectivity index is 1.57. The molecule has 2 heterocycles. The Hall–Kier alpha value is -4.18. The number of carbonyl (C=O) groups is 2. The van der Waals surface area contributed by atoms with Crippen LogP contribution in [0.1, 0.15) is 16.1 Å². The highest BCUT2D eigenvalue weighted by Gasteiger charge is 2.31. The lowest BCUT2D eigenvalue weighted by atomic mass is 10.1. The minimum atomic E-state index is -0.470. The number of thioether (sulfide) groups is 1. The molecule has 1 fully saturated rings. The Labute approximate surface area is 192 Å². The zero-order valence-electron chi connectivity index (χ0n) is 17.6. The monoisotopic (exact) mass is 463 g/mol. The molecule has 166 valence electrons. The number of rotatable bonds is 5. The molecule has 0 atom stereocenters. The molecule has 0 unspecified atom stereocenters. The number of amidine groups is 1. The number of esters is 1. The van der Waals surface area contributed by atoms with Crippen molar-refractivity contribution in [1.29, 1.82) is 0 Å². The van der Waals surface area contributed by atoms with Crippen molar-refractivity contribution < 1.29 is 23.7 Å². The Bertz CT molecular complexity index is 1310. The molecule has 0 radical (unpaired) electrons. The van der Waals surface area contributed by atoms with E-state index in [-0.39, 0.29) is 11.6 Å². The van der Waals surface area contributed by atoms with E-state index < -0.39 is 10.9 Å². The number of hydrogen-bond donors (Lipinski definition) is 0. The molecule has 33 heavy (non-hydrogen) atoms. The molecule has 0 N–H and O–H groups in total. The van der Waals surface area contributed by atoms with Gasteiger partial charge < -0.3 is 9.15 Å². The lowest BCUT2D eigenvalue weighted by Gasteiger charge is -2.07. The normalized spacial score (nSPS) is 15.9. The van der Waals surface area contributed by atoms with Gasteiger partial charge in [0.1, 0.15) is 11.5 Å². The number of methoxy groups -OCH3 is 1. The van der Waals surface area contributed by atoms with Gasteiger partial charge in [-0.25, -0.2) is 9.79 Å². The van der Waals surface area contributed by atoms with E-state index in [9.17, 15) is 19.7 Å². The van der Waals surface area contributed by atoms with Crippen molar-refractivity contribution in [3.05, 3.63) is 87.0 Å². The molecule has 0 saturated carbocycles. The van der Waals surface area contributed by atoms with Gasteiger partial charge in [0.25, 0.3) is 11.6 Å². The summed E-state index contributed by atoms with van der Waals surface area (Å²) in [4.78, 5) is 41.3. The Morgan fingerprint density at radius 2 is 1.88 bits per heavy atom. The van der Waals surface area contributed by atoms with E-state index in [0.29, 0.717) is 38.4 Å². The molecule has 1 amide bonds. The summed E-state index contributed by atoms with van der Waals surface area (Å²) >= 11 is 1.17. The number of amides is 1. The second-order valence-corrected chi connectivity index (χ2v) is 7.89. The van der Waals surface area contributed by atoms with Crippen LogP contribution in [0.5, 0.6) is 0 Å². The van der Waals surface area contributed by atoms with Crippen molar-refractivity contribution in [3.63, 3.8) is 0 Å². The number of hydrogen-bond acceptors (Lipinski definition) is 8. The predicted molar refractivity (Wildman–Crippen MR) is 124 cm³/mol. The first-order chi connectivity index (χ1) is 15.9. The van der Waals surface area contributed by atoms with Crippen molar-refractivity contribution >= 4 is 46.3 Å². The zero-order chi connectivity index (χ0) is 23.5. The molecule has 2 aromatic carbocycles. The summed E-state index contributed by atoms with van der Waals surface area (Å²) in [6.07, 6.45) is 1.57. The first kappa shape index (κ1) is 22.0. The number of benzene rings is 2. The quantitative estimate of drug-likeness (QED) is 0.229. The van der Waals surface area contributed by atoms with Crippen LogP contribution in [0.2, 0.25) is 0 Å². The fourth-order valence-corrected chi connectivity index (χ4v) is 4.06. The minimum absolute atomic E-state index is 0.0651. The number of nitrogens with zero attached hydrogens (tertiary/aromatic N) is 3. The summed E-state index contributed by atoms with van der Waals surface area (Å²) in [5.41, 5.74) is 1.26. The number of nitro benzene ring substituents is 1. The fourth-order valence-electron chi connectivity index (χ4n) is 3.10. The maximum atomic E-state index is 12.7. The summed E-state index contributed by atoms with van der Waals surface area (Å²) < 4.78 is 10.4. The molecule has 1 aliphatic heterocycles. The molecule has 0 aliphatic carbocycles. The summed E-state index contributed by atoms with van der Waals surface area (Å²) in [5.74, 6) is 0.0165. The zero-order valence-corrected chi connectivity index (χ0v) is 18.4. The summed E-state index contributed by atoms with van der Waals surface area (Å²) in [6, 6.07) is 16.1. The average Bonchev–Trinajstić information content (AvgIpc) is 3.39. The Morgan fingerprint density at radius 1 is 1.15 bits per heavy atom. The number of para-hydroxylation sites is 1. The van der Waals surface area contributed by atoms with Crippen LogP contribution in [-0.4, -0.2) is 41.0 Å². The molecule has 1 saturated heterocycles. The van der Waals surface area contributed by atoms with Gasteiger partial charge in [-0.15, -0.1) is 0 Å². The van der Waals surface area contributed by atoms with Crippen LogP contribution in [0.4, 0.5) is 11.4 Å². The third kappa shape index (κ3) is 4.55. The van der Waals surface area contributed by atoms with Gasteiger partial charge >= 0.3 is 5.97 Å². The summed E-state index contributed by atoms with van der Waals surface area (Å²) in [5, 5.41) is 11.7. The van der Waals surface area contributed by atoms with E-state index in [1.54, 1.807) is 67.7 Å². The molecular weight excluding hydrogens is 446 g/mol. The van der Waals surface area contributed by atoms with Crippen molar-refractivity contribution in [2.45, 2.75) is 0 Å². The molecule has 1 aliphatic rings. The van der Waals surface area contributed by atoms with Crippen LogP contribution in [0.25, 0.3) is 17.4 Å². The molecule has 10 heteroatoms. The lowest BCUT2D eigenvalue weighted by molar-refractivity contribution is -0.384. The van der Waals surface area contributed by atoms with Gasteiger partial charge in [0, 0.05) is 19.2 Å². The highest BCUT2D eigenvalue weighted by Crippen LogP contribution is 2.35. The van der Waals surface area contributed by atoms with Gasteiger partial charge in [-0.2, -0.15) is 0 Å². The van der Waals surface area contributed by atoms with Crippen LogP contribution in [0.3, 0.4) is 0 Å². The van der Waals surface area contributed by atoms with Gasteiger partial charge in [0.15, 0.2) is 5.17 Å². The summed E-state index contributed by atoms with van der Waals surface area (Å²) in [6.45, 7) is 0. The van der Waals surface area contributed by atoms with E-state index in [0.717, 1.165) is 0 Å². The van der Waals surface area contributed by atoms with Gasteiger partial charge in [-0.05, 0) is 54.2 Å². The smallest absolute Gasteiger partial charge is 0.337 e. The number of nitro groups is 1. The topological polar surface area (TPSA) is 115 Å². The van der Waals surface area contributed by atoms with Crippen molar-refractivity contribution in [1.82, 2.24) is 4.90 Å². The number of ether oxygens (including phenoxy) is 1. The number of aliphatic imine (C=N–C) groups is 1. The van der Waals surface area contributed by atoms with Crippen LogP contribution in [-0.2, 0) is 9.53 Å². The number of likely N-dealkylation sites (N-methyl/N-ethyl adjacent to an activating group) is 1. The first-order valence-corrected chi connectivity index (χ1v) is 10.5. The van der Waals surface area contributed by atoms with Gasteiger partial charge in [-0.1, -0.05) is 12.1 Å². The predicted octanol–water partition coefficient (Wildman–Crippen LogP) is 4.88. The van der Waals surface area contributed by atoms with Crippen molar-refractivity contribution in [2.75, 3.05) is 14.2 Å². The third-order valence-electron chi connectivity index (χ3n) is 4.78. The molecular formula is C23H17N3O6S. The van der Waals surface area contributed by atoms with Gasteiger partial charge in [0.2, 0.25) is 0 Å². The number of carbonyl (C=O) groups excluding carboxylic acids is 2. The maximum absolute atomic E-state index is 12.7. The molecule has 9 nitrogen and oxygen atoms in total. The average molecular weight is 463 g/mol. The second kappa shape index (κ2) is 9.13. The largest absolute Gasteiger partial charge is 0.465 e. The van der Waals surface area contributed by atoms with E-state index >= 15 is 0 Å². The maximum Gasteiger partial charge on any atom is 0.337 e. The molecule has 3 aromatic rings. The van der Waals surface area contributed by atoms with E-state index in [2.05, 4.69) is 9.73 Å². The van der Waals surface area contributed by atoms with Crippen molar-refractivity contribution in [3.8, 4) is 11.3 Å². The highest BCUT2D eigenvalue weighted by molar-refractivity contribution is 8.18. The molecule has 0 bridgehead atoms. The SMILES string of the molecule is COC(=O)c1ccc(N=C2S/C(=C/c3ccc(-c4ccccc4[N+](=O)[O-])o3)C(=O)N2C)cc1. The fraction of sp³-hybridized carbons (Fsp3) is 0.0870. The Morgan fingerprint density at radius 3 is 2.58 bits per heavy atom. The standard InChI is InChI=1S/C23H17N3O6S/c1-25-21(27)20(33-23(25)24-15-9-7-14(8-10-15)22(28)31-2)13-16-11-12-19(32-16)17-5-3-4-6-18(17)26(29)30/h3-13H,1-2H3/b20-13+,24-23?. The lowest BCUT2D eigenvalue weighted by Crippen LogP contribution is -2.23.